The van der Waals surface area contributed by atoms with E-state index in [-0.39, 0.29) is 23.9 Å². The van der Waals surface area contributed by atoms with Crippen molar-refractivity contribution < 1.29 is 19.6 Å². The molecule has 2 N–H and O–H groups in total. The number of hydrogen-bond donors (Lipinski definition) is 2. The number of nitrogens with zero attached hydrogens (tertiary/aromatic N) is 2. The van der Waals surface area contributed by atoms with Crippen LogP contribution in [0.5, 0.6) is 0 Å². The summed E-state index contributed by atoms with van der Waals surface area (Å²) in [6, 6.07) is -0.559. The summed E-state index contributed by atoms with van der Waals surface area (Å²) in [4.78, 5) is 42.5. The van der Waals surface area contributed by atoms with Crippen LogP contribution in [0.2, 0.25) is 0 Å². The smallest absolute Gasteiger partial charge is 0.312 e. The van der Waals surface area contributed by atoms with Crippen LogP contribution in [0.3, 0.4) is 0 Å². The summed E-state index contributed by atoms with van der Waals surface area (Å²) >= 11 is 0. The molecule has 4 bridgehead atoms. The molecule has 0 aromatic carbocycles. The lowest BCUT2D eigenvalue weighted by Crippen LogP contribution is -2.62. The molecule has 4 amide bonds. The van der Waals surface area contributed by atoms with Crippen LogP contribution < -0.4 is 5.48 Å². The third-order valence-electron chi connectivity index (χ3n) is 8.64. The van der Waals surface area contributed by atoms with E-state index in [0.717, 1.165) is 38.5 Å². The van der Waals surface area contributed by atoms with Crippen molar-refractivity contribution in [2.75, 3.05) is 6.54 Å². The zero-order chi connectivity index (χ0) is 21.6. The minimum Gasteiger partial charge on any atom is -0.312 e. The number of rotatable bonds is 7. The van der Waals surface area contributed by atoms with E-state index in [0.29, 0.717) is 43.1 Å². The van der Waals surface area contributed by atoms with Crippen LogP contribution in [0, 0.1) is 23.7 Å². The van der Waals surface area contributed by atoms with E-state index < -0.39 is 11.9 Å². The number of nitrogens with one attached hydrogen (secondary N) is 1. The summed E-state index contributed by atoms with van der Waals surface area (Å²) in [6.45, 7) is 0.620. The van der Waals surface area contributed by atoms with Crippen LogP contribution in [0.4, 0.5) is 4.79 Å². The van der Waals surface area contributed by atoms with E-state index in [2.05, 4.69) is 12.2 Å². The van der Waals surface area contributed by atoms with E-state index in [9.17, 15) is 14.4 Å². The van der Waals surface area contributed by atoms with Gasteiger partial charge in [0.25, 0.3) is 5.91 Å². The monoisotopic (exact) mass is 429 g/mol. The van der Waals surface area contributed by atoms with Gasteiger partial charge < -0.3 is 4.90 Å². The van der Waals surface area contributed by atoms with Gasteiger partial charge in [-0.15, -0.1) is 0 Å². The molecule has 1 heterocycles. The van der Waals surface area contributed by atoms with Gasteiger partial charge >= 0.3 is 6.03 Å². The van der Waals surface area contributed by atoms with Crippen molar-refractivity contribution >= 4 is 17.8 Å². The third kappa shape index (κ3) is 3.79. The van der Waals surface area contributed by atoms with Gasteiger partial charge in [-0.25, -0.2) is 10.3 Å². The number of carbonyl (C=O) groups excluding carboxylic acids is 3. The third-order valence-corrected chi connectivity index (χ3v) is 8.64. The molecule has 6 aliphatic rings. The Balaban J connectivity index is 1.37. The fraction of sp³-hybridized carbons (Fsp3) is 0.792. The highest BCUT2D eigenvalue weighted by molar-refractivity contribution is 6.05. The first-order valence-corrected chi connectivity index (χ1v) is 12.2. The lowest BCUT2D eigenvalue weighted by atomic mass is 9.52. The number of amides is 4. The van der Waals surface area contributed by atoms with Gasteiger partial charge in [0.1, 0.15) is 6.04 Å². The molecule has 6 rings (SSSR count). The predicted molar refractivity (Wildman–Crippen MR) is 114 cm³/mol. The van der Waals surface area contributed by atoms with Crippen LogP contribution in [0.1, 0.15) is 77.0 Å². The number of urea groups is 1. The molecule has 2 unspecified atom stereocenters. The van der Waals surface area contributed by atoms with Crippen molar-refractivity contribution in [2.45, 2.75) is 88.6 Å². The van der Waals surface area contributed by atoms with Crippen molar-refractivity contribution in [3.63, 3.8) is 0 Å². The molecule has 1 saturated heterocycles. The molecule has 170 valence electrons. The number of imide groups is 1. The number of hydrogen-bond acceptors (Lipinski definition) is 4. The molecule has 0 spiro atoms. The van der Waals surface area contributed by atoms with E-state index in [1.807, 2.05) is 4.90 Å². The molecule has 0 aromatic rings. The van der Waals surface area contributed by atoms with Crippen LogP contribution in [-0.4, -0.2) is 51.0 Å². The molecule has 7 heteroatoms. The molecule has 31 heavy (non-hydrogen) atoms. The Morgan fingerprint density at radius 1 is 1.10 bits per heavy atom. The molecule has 5 aliphatic carbocycles. The average Bonchev–Trinajstić information content (AvgIpc) is 2.97. The maximum absolute atomic E-state index is 13.8. The molecule has 1 aliphatic heterocycles. The topological polar surface area (TPSA) is 90.0 Å². The minimum atomic E-state index is -0.474. The molecule has 0 radical (unpaired) electrons. The Morgan fingerprint density at radius 2 is 1.77 bits per heavy atom. The zero-order valence-electron chi connectivity index (χ0n) is 18.3. The highest BCUT2D eigenvalue weighted by Gasteiger charge is 2.60. The van der Waals surface area contributed by atoms with Crippen molar-refractivity contribution in [1.29, 1.82) is 0 Å². The van der Waals surface area contributed by atoms with E-state index in [1.165, 1.54) is 19.3 Å². The second-order valence-corrected chi connectivity index (χ2v) is 10.8. The van der Waals surface area contributed by atoms with E-state index in [4.69, 9.17) is 5.21 Å². The van der Waals surface area contributed by atoms with Gasteiger partial charge in [0.2, 0.25) is 5.91 Å². The van der Waals surface area contributed by atoms with Gasteiger partial charge in [0, 0.05) is 13.0 Å². The van der Waals surface area contributed by atoms with Crippen molar-refractivity contribution in [2.24, 2.45) is 23.7 Å². The lowest BCUT2D eigenvalue weighted by Gasteiger charge is -2.58. The summed E-state index contributed by atoms with van der Waals surface area (Å²) in [7, 11) is 0. The maximum Gasteiger partial charge on any atom is 0.327 e. The quantitative estimate of drug-likeness (QED) is 0.280. The van der Waals surface area contributed by atoms with Gasteiger partial charge in [0.05, 0.1) is 5.54 Å². The average molecular weight is 430 g/mol. The van der Waals surface area contributed by atoms with Crippen LogP contribution >= 0.6 is 0 Å². The normalized spacial score (nSPS) is 38.9. The van der Waals surface area contributed by atoms with Crippen LogP contribution in [0.15, 0.2) is 12.2 Å². The lowest BCUT2D eigenvalue weighted by molar-refractivity contribution is -0.141. The maximum atomic E-state index is 13.8. The molecule has 4 saturated carbocycles. The molecule has 7 nitrogen and oxygen atoms in total. The van der Waals surface area contributed by atoms with Gasteiger partial charge in [-0.05, 0) is 94.3 Å². The second-order valence-electron chi connectivity index (χ2n) is 10.8. The van der Waals surface area contributed by atoms with Crippen molar-refractivity contribution in [3.05, 3.63) is 12.2 Å². The van der Waals surface area contributed by atoms with E-state index >= 15 is 0 Å². The first-order chi connectivity index (χ1) is 15.0. The summed E-state index contributed by atoms with van der Waals surface area (Å²) in [5.41, 5.74) is 1.39. The summed E-state index contributed by atoms with van der Waals surface area (Å²) < 4.78 is 0. The molecular formula is C24H35N3O4. The predicted octanol–water partition coefficient (Wildman–Crippen LogP) is 3.62. The summed E-state index contributed by atoms with van der Waals surface area (Å²) in [5.74, 6) is 1.89. The Morgan fingerprint density at radius 3 is 2.35 bits per heavy atom. The summed E-state index contributed by atoms with van der Waals surface area (Å²) in [6.07, 6.45) is 15.3. The Kier molecular flexibility index (Phi) is 5.57. The first kappa shape index (κ1) is 21.0. The summed E-state index contributed by atoms with van der Waals surface area (Å²) in [5, 5.41) is 8.78. The molecule has 0 aromatic heterocycles. The number of hydroxylamine groups is 1. The molecular weight excluding hydrogens is 394 g/mol. The minimum absolute atomic E-state index is 0.0392. The van der Waals surface area contributed by atoms with Gasteiger partial charge in [-0.2, -0.15) is 0 Å². The van der Waals surface area contributed by atoms with E-state index in [1.54, 1.807) is 10.4 Å². The standard InChI is InChI=1S/C24H35N3O4/c28-21(25-31)8-4-7-20-22(29)27(23(30)26(20)15-16-5-2-1-3-6-16)24-12-17-9-18(13-24)11-19(10-17)14-24/h1-2,16-20,31H,3-15H2,(H,25,28). The molecule has 2 atom stereocenters. The SMILES string of the molecule is O=C(CCCC1C(=O)N(C23CC4CC(CC(C4)C2)C3)C(=O)N1CC1CC=CCC1)NO. The number of allylic oxidation sites excluding steroid dienone is 2. The second kappa shape index (κ2) is 8.23. The molecule has 5 fully saturated rings. The Bertz CT molecular complexity index is 744. The fourth-order valence-corrected chi connectivity index (χ4v) is 7.71. The highest BCUT2D eigenvalue weighted by atomic mass is 16.5. The van der Waals surface area contributed by atoms with Gasteiger partial charge in [-0.1, -0.05) is 12.2 Å². The Labute approximate surface area is 184 Å². The highest BCUT2D eigenvalue weighted by Crippen LogP contribution is 2.58. The van der Waals surface area contributed by atoms with Gasteiger partial charge in [-0.3, -0.25) is 19.7 Å². The first-order valence-electron chi connectivity index (χ1n) is 12.2. The largest absolute Gasteiger partial charge is 0.327 e. The Hall–Kier alpha value is -1.89. The van der Waals surface area contributed by atoms with Crippen molar-refractivity contribution in [1.82, 2.24) is 15.3 Å². The van der Waals surface area contributed by atoms with Gasteiger partial charge in [0.15, 0.2) is 0 Å². The zero-order valence-corrected chi connectivity index (χ0v) is 18.3. The number of carbonyl (C=O) groups is 3. The van der Waals surface area contributed by atoms with Crippen LogP contribution in [0.25, 0.3) is 0 Å². The van der Waals surface area contributed by atoms with Crippen LogP contribution in [-0.2, 0) is 9.59 Å². The van der Waals surface area contributed by atoms with Crippen molar-refractivity contribution in [3.8, 4) is 0 Å². The fourth-order valence-electron chi connectivity index (χ4n) is 7.71.